The average molecular weight is 150 g/mol. The molecule has 1 nitrogen and oxygen atoms in total. The summed E-state index contributed by atoms with van der Waals surface area (Å²) in [6.45, 7) is -0.434. The molecular weight excluding hydrogens is 143 g/mol. The quantitative estimate of drug-likeness (QED) is 0.609. The minimum Gasteiger partial charge on any atom is -0.464 e. The summed E-state index contributed by atoms with van der Waals surface area (Å²) in [7, 11) is 0. The Kier molecular flexibility index (Phi) is 1.39. The average Bonchev–Trinajstić information content (AvgIpc) is 2.50. The standard InChI is InChI=1S/C9H7FO/c10-6-7-2-1-3-9-8(7)4-5-11-9/h1-5H,6H2. The van der Waals surface area contributed by atoms with Gasteiger partial charge in [-0.15, -0.1) is 0 Å². The molecule has 0 bridgehead atoms. The smallest absolute Gasteiger partial charge is 0.134 e. The Morgan fingerprint density at radius 2 is 2.18 bits per heavy atom. The summed E-state index contributed by atoms with van der Waals surface area (Å²) < 4.78 is 17.4. The highest BCUT2D eigenvalue weighted by Crippen LogP contribution is 2.19. The van der Waals surface area contributed by atoms with Gasteiger partial charge in [-0.25, -0.2) is 4.39 Å². The van der Waals surface area contributed by atoms with Crippen LogP contribution < -0.4 is 0 Å². The molecule has 0 aliphatic rings. The van der Waals surface area contributed by atoms with Gasteiger partial charge in [-0.2, -0.15) is 0 Å². The first-order valence-electron chi connectivity index (χ1n) is 3.43. The van der Waals surface area contributed by atoms with Gasteiger partial charge >= 0.3 is 0 Å². The number of alkyl halides is 1. The van der Waals surface area contributed by atoms with Gasteiger partial charge in [0.15, 0.2) is 0 Å². The van der Waals surface area contributed by atoms with Crippen LogP contribution in [0.5, 0.6) is 0 Å². The lowest BCUT2D eigenvalue weighted by molar-refractivity contribution is 0.487. The van der Waals surface area contributed by atoms with Crippen LogP contribution in [0.4, 0.5) is 4.39 Å². The minimum absolute atomic E-state index is 0.434. The van der Waals surface area contributed by atoms with Gasteiger partial charge in [0, 0.05) is 5.39 Å². The third-order valence-electron chi connectivity index (χ3n) is 1.73. The number of hydrogen-bond donors (Lipinski definition) is 0. The van der Waals surface area contributed by atoms with E-state index in [2.05, 4.69) is 0 Å². The Hall–Kier alpha value is -1.31. The van der Waals surface area contributed by atoms with E-state index in [0.29, 0.717) is 5.56 Å². The largest absolute Gasteiger partial charge is 0.464 e. The van der Waals surface area contributed by atoms with Crippen molar-refractivity contribution in [1.29, 1.82) is 0 Å². The zero-order chi connectivity index (χ0) is 7.68. The molecule has 1 aromatic heterocycles. The third-order valence-corrected chi connectivity index (χ3v) is 1.73. The van der Waals surface area contributed by atoms with Gasteiger partial charge < -0.3 is 4.42 Å². The molecule has 1 heterocycles. The molecule has 0 radical (unpaired) electrons. The maximum Gasteiger partial charge on any atom is 0.134 e. The van der Waals surface area contributed by atoms with Gasteiger partial charge in [0.05, 0.1) is 6.26 Å². The molecule has 0 aliphatic heterocycles. The highest BCUT2D eigenvalue weighted by atomic mass is 19.1. The summed E-state index contributed by atoms with van der Waals surface area (Å²) in [6, 6.07) is 7.16. The van der Waals surface area contributed by atoms with Gasteiger partial charge in [0.25, 0.3) is 0 Å². The van der Waals surface area contributed by atoms with Gasteiger partial charge in [-0.3, -0.25) is 0 Å². The maximum absolute atomic E-state index is 12.3. The molecule has 0 fully saturated rings. The molecule has 0 amide bonds. The van der Waals surface area contributed by atoms with Crippen LogP contribution in [-0.4, -0.2) is 0 Å². The van der Waals surface area contributed by atoms with Crippen molar-refractivity contribution in [2.24, 2.45) is 0 Å². The second kappa shape index (κ2) is 2.38. The second-order valence-electron chi connectivity index (χ2n) is 2.38. The SMILES string of the molecule is FCc1cccc2occc12. The number of rotatable bonds is 1. The van der Waals surface area contributed by atoms with Gasteiger partial charge in [0.1, 0.15) is 12.3 Å². The van der Waals surface area contributed by atoms with E-state index >= 15 is 0 Å². The summed E-state index contributed by atoms with van der Waals surface area (Å²) in [5, 5.41) is 0.870. The predicted molar refractivity (Wildman–Crippen MR) is 41.0 cm³/mol. The topological polar surface area (TPSA) is 13.1 Å². The van der Waals surface area contributed by atoms with Crippen molar-refractivity contribution in [3.8, 4) is 0 Å². The molecule has 2 aromatic rings. The van der Waals surface area contributed by atoms with Crippen LogP contribution in [0, 0.1) is 0 Å². The fourth-order valence-electron chi connectivity index (χ4n) is 1.17. The molecule has 2 rings (SSSR count). The summed E-state index contributed by atoms with van der Waals surface area (Å²) in [5.41, 5.74) is 1.44. The van der Waals surface area contributed by atoms with Crippen molar-refractivity contribution in [2.45, 2.75) is 6.67 Å². The van der Waals surface area contributed by atoms with Crippen LogP contribution in [0.1, 0.15) is 5.56 Å². The summed E-state index contributed by atoms with van der Waals surface area (Å²) in [4.78, 5) is 0. The fraction of sp³-hybridized carbons (Fsp3) is 0.111. The molecule has 0 unspecified atom stereocenters. The summed E-state index contributed by atoms with van der Waals surface area (Å²) >= 11 is 0. The Balaban J connectivity index is 2.79. The van der Waals surface area contributed by atoms with Crippen LogP contribution in [0.25, 0.3) is 11.0 Å². The van der Waals surface area contributed by atoms with Crippen molar-refractivity contribution < 1.29 is 8.81 Å². The molecule has 56 valence electrons. The molecule has 1 aromatic carbocycles. The lowest BCUT2D eigenvalue weighted by atomic mass is 10.1. The van der Waals surface area contributed by atoms with Crippen molar-refractivity contribution in [3.05, 3.63) is 36.1 Å². The van der Waals surface area contributed by atoms with E-state index in [-0.39, 0.29) is 0 Å². The number of furan rings is 1. The molecule has 0 N–H and O–H groups in total. The molecule has 0 saturated carbocycles. The number of hydrogen-bond acceptors (Lipinski definition) is 1. The van der Waals surface area contributed by atoms with Crippen LogP contribution in [-0.2, 0) is 6.67 Å². The minimum atomic E-state index is -0.434. The molecule has 0 spiro atoms. The third kappa shape index (κ3) is 0.909. The lowest BCUT2D eigenvalue weighted by Crippen LogP contribution is -1.76. The highest BCUT2D eigenvalue weighted by molar-refractivity contribution is 5.80. The van der Waals surface area contributed by atoms with E-state index in [1.165, 1.54) is 0 Å². The van der Waals surface area contributed by atoms with E-state index in [1.54, 1.807) is 24.5 Å². The summed E-state index contributed by atoms with van der Waals surface area (Å²) in [5.74, 6) is 0. The monoisotopic (exact) mass is 150 g/mol. The van der Waals surface area contributed by atoms with Crippen molar-refractivity contribution in [2.75, 3.05) is 0 Å². The normalized spacial score (nSPS) is 10.6. The lowest BCUT2D eigenvalue weighted by Gasteiger charge is -1.93. The molecular formula is C9H7FO. The van der Waals surface area contributed by atoms with E-state index in [1.807, 2.05) is 6.07 Å². The highest BCUT2D eigenvalue weighted by Gasteiger charge is 2.00. The molecule has 0 atom stereocenters. The van der Waals surface area contributed by atoms with Gasteiger partial charge in [0.2, 0.25) is 0 Å². The Bertz CT molecular complexity index is 364. The van der Waals surface area contributed by atoms with E-state index in [0.717, 1.165) is 11.0 Å². The van der Waals surface area contributed by atoms with Crippen molar-refractivity contribution >= 4 is 11.0 Å². The van der Waals surface area contributed by atoms with E-state index in [9.17, 15) is 4.39 Å². The first-order valence-corrected chi connectivity index (χ1v) is 3.43. The fourth-order valence-corrected chi connectivity index (χ4v) is 1.17. The molecule has 2 heteroatoms. The zero-order valence-electron chi connectivity index (χ0n) is 5.88. The second-order valence-corrected chi connectivity index (χ2v) is 2.38. The first kappa shape index (κ1) is 6.40. The van der Waals surface area contributed by atoms with Crippen LogP contribution >= 0.6 is 0 Å². The molecule has 0 saturated heterocycles. The Labute approximate surface area is 63.4 Å². The van der Waals surface area contributed by atoms with Crippen LogP contribution in [0.3, 0.4) is 0 Å². The van der Waals surface area contributed by atoms with Gasteiger partial charge in [-0.05, 0) is 17.7 Å². The maximum atomic E-state index is 12.3. The first-order chi connectivity index (χ1) is 5.42. The van der Waals surface area contributed by atoms with Crippen molar-refractivity contribution in [1.82, 2.24) is 0 Å². The predicted octanol–water partition coefficient (Wildman–Crippen LogP) is 2.90. The van der Waals surface area contributed by atoms with Gasteiger partial charge in [-0.1, -0.05) is 12.1 Å². The molecule has 0 aliphatic carbocycles. The van der Waals surface area contributed by atoms with Crippen LogP contribution in [0.2, 0.25) is 0 Å². The van der Waals surface area contributed by atoms with Crippen LogP contribution in [0.15, 0.2) is 34.9 Å². The number of fused-ring (bicyclic) bond motifs is 1. The Morgan fingerprint density at radius 3 is 3.00 bits per heavy atom. The summed E-state index contributed by atoms with van der Waals surface area (Å²) in [6.07, 6.45) is 1.57. The van der Waals surface area contributed by atoms with E-state index < -0.39 is 6.67 Å². The number of halogens is 1. The van der Waals surface area contributed by atoms with E-state index in [4.69, 9.17) is 4.42 Å². The van der Waals surface area contributed by atoms with Crippen molar-refractivity contribution in [3.63, 3.8) is 0 Å². The Morgan fingerprint density at radius 1 is 1.27 bits per heavy atom. The molecule has 11 heavy (non-hydrogen) atoms. The zero-order valence-corrected chi connectivity index (χ0v) is 5.88. The number of benzene rings is 1.